The third kappa shape index (κ3) is 5.31. The molecule has 1 aliphatic heterocycles. The van der Waals surface area contributed by atoms with Gasteiger partial charge < -0.3 is 14.4 Å². The molecule has 0 amide bonds. The van der Waals surface area contributed by atoms with E-state index in [1.165, 1.54) is 16.7 Å². The summed E-state index contributed by atoms with van der Waals surface area (Å²) in [6.07, 6.45) is 1.45. The van der Waals surface area contributed by atoms with Gasteiger partial charge in [0, 0.05) is 37.0 Å². The third-order valence-corrected chi connectivity index (χ3v) is 6.61. The fourth-order valence-electron chi connectivity index (χ4n) is 3.22. The second-order valence-corrected chi connectivity index (χ2v) is 10.4. The minimum atomic E-state index is -1.35. The van der Waals surface area contributed by atoms with E-state index in [4.69, 9.17) is 14.5 Å². The Kier molecular flexibility index (Phi) is 7.13. The summed E-state index contributed by atoms with van der Waals surface area (Å²) in [5.41, 5.74) is 0.939. The number of rotatable bonds is 6. The van der Waals surface area contributed by atoms with E-state index in [1.807, 2.05) is 32.6 Å². The standard InChI is InChI=1S/C21H30N4O5S/c1-6-30-20(27)15-11-16(14(2)23-31(28)21(3,4)5)19-22-17(12-18(26)25(19)13-15)24-7-9-29-10-8-24/h11-14,23H,6-10H2,1-5H3/t14-,31-/m1/s1. The number of anilines is 1. The molecular formula is C21H30N4O5S. The van der Waals surface area contributed by atoms with E-state index in [-0.39, 0.29) is 17.7 Å². The number of carbonyl (C=O) groups is 1. The quantitative estimate of drug-likeness (QED) is 0.670. The highest BCUT2D eigenvalue weighted by molar-refractivity contribution is 7.84. The molecule has 0 spiro atoms. The van der Waals surface area contributed by atoms with Gasteiger partial charge in [-0.05, 0) is 40.7 Å². The number of fused-ring (bicyclic) bond motifs is 1. The summed E-state index contributed by atoms with van der Waals surface area (Å²) in [5, 5.41) is 0. The Morgan fingerprint density at radius 3 is 2.61 bits per heavy atom. The van der Waals surface area contributed by atoms with E-state index in [9.17, 15) is 13.8 Å². The first-order valence-corrected chi connectivity index (χ1v) is 11.5. The molecule has 1 aliphatic rings. The predicted molar refractivity (Wildman–Crippen MR) is 120 cm³/mol. The molecule has 31 heavy (non-hydrogen) atoms. The van der Waals surface area contributed by atoms with Crippen LogP contribution in [0.4, 0.5) is 5.82 Å². The number of carbonyl (C=O) groups excluding carboxylic acids is 1. The van der Waals surface area contributed by atoms with Crippen LogP contribution >= 0.6 is 0 Å². The molecule has 2 aromatic rings. The second kappa shape index (κ2) is 9.46. The molecule has 0 unspecified atom stereocenters. The van der Waals surface area contributed by atoms with Gasteiger partial charge in [0.1, 0.15) is 11.5 Å². The molecule has 3 heterocycles. The summed E-state index contributed by atoms with van der Waals surface area (Å²) >= 11 is 0. The van der Waals surface area contributed by atoms with Crippen LogP contribution in [-0.4, -0.2) is 57.2 Å². The van der Waals surface area contributed by atoms with Crippen LogP contribution in [0.25, 0.3) is 5.65 Å². The van der Waals surface area contributed by atoms with E-state index in [0.717, 1.165) is 0 Å². The predicted octanol–water partition coefficient (Wildman–Crippen LogP) is 1.82. The van der Waals surface area contributed by atoms with Crippen LogP contribution in [0.5, 0.6) is 0 Å². The van der Waals surface area contributed by atoms with Crippen LogP contribution in [0.15, 0.2) is 23.1 Å². The van der Waals surface area contributed by atoms with Crippen LogP contribution in [0, 0.1) is 0 Å². The average Bonchev–Trinajstić information content (AvgIpc) is 2.73. The Morgan fingerprint density at radius 2 is 2.00 bits per heavy atom. The van der Waals surface area contributed by atoms with Gasteiger partial charge in [0.2, 0.25) is 0 Å². The number of ether oxygens (including phenoxy) is 2. The first kappa shape index (κ1) is 23.4. The number of pyridine rings is 1. The Hall–Kier alpha value is -2.30. The van der Waals surface area contributed by atoms with Crippen molar-refractivity contribution in [3.63, 3.8) is 0 Å². The highest BCUT2D eigenvalue weighted by atomic mass is 32.2. The van der Waals surface area contributed by atoms with E-state index in [0.29, 0.717) is 43.3 Å². The largest absolute Gasteiger partial charge is 0.462 e. The highest BCUT2D eigenvalue weighted by Crippen LogP contribution is 2.23. The summed E-state index contributed by atoms with van der Waals surface area (Å²) < 4.78 is 27.2. The van der Waals surface area contributed by atoms with Crippen molar-refractivity contribution in [3.05, 3.63) is 39.8 Å². The molecule has 2 aromatic heterocycles. The SMILES string of the molecule is CCOC(=O)c1cc([C@@H](C)N[S@](=O)C(C)(C)C)c2nc(N3CCOCC3)cc(=O)n2c1. The second-order valence-electron chi connectivity index (χ2n) is 8.37. The van der Waals surface area contributed by atoms with Crippen molar-refractivity contribution in [2.75, 3.05) is 37.8 Å². The number of hydrogen-bond donors (Lipinski definition) is 1. The van der Waals surface area contributed by atoms with E-state index < -0.39 is 27.7 Å². The van der Waals surface area contributed by atoms with Crippen LogP contribution in [0.2, 0.25) is 0 Å². The molecule has 1 saturated heterocycles. The number of morpholine rings is 1. The Balaban J connectivity index is 2.14. The highest BCUT2D eigenvalue weighted by Gasteiger charge is 2.25. The van der Waals surface area contributed by atoms with E-state index in [1.54, 1.807) is 13.0 Å². The van der Waals surface area contributed by atoms with Gasteiger partial charge in [0.05, 0.1) is 41.1 Å². The van der Waals surface area contributed by atoms with Crippen LogP contribution < -0.4 is 15.2 Å². The van der Waals surface area contributed by atoms with Crippen molar-refractivity contribution in [2.24, 2.45) is 0 Å². The average molecular weight is 451 g/mol. The first-order chi connectivity index (χ1) is 14.6. The smallest absolute Gasteiger partial charge is 0.339 e. The van der Waals surface area contributed by atoms with Crippen molar-refractivity contribution < 1.29 is 18.5 Å². The lowest BCUT2D eigenvalue weighted by molar-refractivity contribution is 0.0525. The fraction of sp³-hybridized carbons (Fsp3) is 0.571. The lowest BCUT2D eigenvalue weighted by atomic mass is 10.1. The molecule has 170 valence electrons. The molecule has 9 nitrogen and oxygen atoms in total. The van der Waals surface area contributed by atoms with Crippen molar-refractivity contribution in [2.45, 2.75) is 45.4 Å². The minimum absolute atomic E-state index is 0.219. The van der Waals surface area contributed by atoms with Crippen molar-refractivity contribution in [1.29, 1.82) is 0 Å². The molecule has 0 radical (unpaired) electrons. The van der Waals surface area contributed by atoms with Crippen molar-refractivity contribution in [3.8, 4) is 0 Å². The Bertz CT molecular complexity index is 1040. The molecule has 0 aromatic carbocycles. The molecule has 0 bridgehead atoms. The molecular weight excluding hydrogens is 420 g/mol. The third-order valence-electron chi connectivity index (χ3n) is 4.93. The van der Waals surface area contributed by atoms with Gasteiger partial charge in [0.25, 0.3) is 5.56 Å². The van der Waals surface area contributed by atoms with Gasteiger partial charge in [0.15, 0.2) is 0 Å². The Morgan fingerprint density at radius 1 is 1.32 bits per heavy atom. The molecule has 0 saturated carbocycles. The summed E-state index contributed by atoms with van der Waals surface area (Å²) in [6, 6.07) is 2.68. The minimum Gasteiger partial charge on any atom is -0.462 e. The molecule has 2 atom stereocenters. The zero-order valence-corrected chi connectivity index (χ0v) is 19.5. The van der Waals surface area contributed by atoms with Gasteiger partial charge in [-0.25, -0.2) is 18.7 Å². The van der Waals surface area contributed by atoms with Gasteiger partial charge in [-0.2, -0.15) is 0 Å². The van der Waals surface area contributed by atoms with Crippen LogP contribution in [0.3, 0.4) is 0 Å². The number of aromatic nitrogens is 2. The lowest BCUT2D eigenvalue weighted by Crippen LogP contribution is -2.38. The van der Waals surface area contributed by atoms with Gasteiger partial charge >= 0.3 is 5.97 Å². The van der Waals surface area contributed by atoms with Gasteiger partial charge in [-0.3, -0.25) is 9.20 Å². The monoisotopic (exact) mass is 450 g/mol. The fourth-order valence-corrected chi connectivity index (χ4v) is 4.02. The summed E-state index contributed by atoms with van der Waals surface area (Å²) in [7, 11) is -1.35. The van der Waals surface area contributed by atoms with Crippen molar-refractivity contribution >= 4 is 28.4 Å². The molecule has 10 heteroatoms. The maximum absolute atomic E-state index is 13.0. The zero-order valence-electron chi connectivity index (χ0n) is 18.6. The zero-order chi connectivity index (χ0) is 22.8. The summed E-state index contributed by atoms with van der Waals surface area (Å²) in [5.74, 6) is 0.0292. The summed E-state index contributed by atoms with van der Waals surface area (Å²) in [4.78, 5) is 32.1. The maximum atomic E-state index is 13.0. The first-order valence-electron chi connectivity index (χ1n) is 10.4. The molecule has 1 fully saturated rings. The van der Waals surface area contributed by atoms with Gasteiger partial charge in [-0.15, -0.1) is 0 Å². The number of nitrogens with one attached hydrogen (secondary N) is 1. The number of hydrogen-bond acceptors (Lipinski definition) is 7. The normalized spacial score (nSPS) is 16.9. The van der Waals surface area contributed by atoms with Crippen LogP contribution in [0.1, 0.15) is 56.6 Å². The van der Waals surface area contributed by atoms with Gasteiger partial charge in [-0.1, -0.05) is 0 Å². The van der Waals surface area contributed by atoms with Crippen molar-refractivity contribution in [1.82, 2.24) is 14.1 Å². The number of esters is 1. The Labute approximate surface area is 184 Å². The van der Waals surface area contributed by atoms with E-state index in [2.05, 4.69) is 4.72 Å². The number of nitrogens with zero attached hydrogens (tertiary/aromatic N) is 3. The van der Waals surface area contributed by atoms with E-state index >= 15 is 0 Å². The molecule has 0 aliphatic carbocycles. The van der Waals surface area contributed by atoms with Crippen LogP contribution in [-0.2, 0) is 20.5 Å². The maximum Gasteiger partial charge on any atom is 0.339 e. The summed E-state index contributed by atoms with van der Waals surface area (Å²) in [6.45, 7) is 11.8. The molecule has 3 rings (SSSR count). The topological polar surface area (TPSA) is 102 Å². The lowest BCUT2D eigenvalue weighted by Gasteiger charge is -2.28. The molecule has 1 N–H and O–H groups in total.